The van der Waals surface area contributed by atoms with Crippen LogP contribution in [0.15, 0.2) is 24.3 Å². The molecule has 0 bridgehead atoms. The standard InChI is InChI=1S/C14H24N2O/c1-11(2)9-12-5-7-13(8-6-12)14(17)10-15-16(3)4/h5-8,11,14-15,17H,9-10H2,1-4H3. The van der Waals surface area contributed by atoms with E-state index in [-0.39, 0.29) is 0 Å². The van der Waals surface area contributed by atoms with Crippen LogP contribution in [0, 0.1) is 5.92 Å². The smallest absolute Gasteiger partial charge is 0.0928 e. The number of rotatable bonds is 6. The topological polar surface area (TPSA) is 35.5 Å². The van der Waals surface area contributed by atoms with Gasteiger partial charge < -0.3 is 5.11 Å². The first-order valence-electron chi connectivity index (χ1n) is 6.16. The van der Waals surface area contributed by atoms with Crippen molar-refractivity contribution >= 4 is 0 Å². The average molecular weight is 236 g/mol. The molecule has 1 unspecified atom stereocenters. The summed E-state index contributed by atoms with van der Waals surface area (Å²) in [5, 5.41) is 11.8. The highest BCUT2D eigenvalue weighted by Crippen LogP contribution is 2.15. The summed E-state index contributed by atoms with van der Waals surface area (Å²) in [7, 11) is 3.83. The Morgan fingerprint density at radius 2 is 1.76 bits per heavy atom. The SMILES string of the molecule is CC(C)Cc1ccc(C(O)CNN(C)C)cc1. The Balaban J connectivity index is 2.54. The summed E-state index contributed by atoms with van der Waals surface area (Å²) in [6, 6.07) is 8.24. The number of aliphatic hydroxyl groups excluding tert-OH is 1. The van der Waals surface area contributed by atoms with E-state index in [1.165, 1.54) is 5.56 Å². The van der Waals surface area contributed by atoms with Gasteiger partial charge in [-0.2, -0.15) is 0 Å². The van der Waals surface area contributed by atoms with E-state index < -0.39 is 6.10 Å². The molecule has 0 amide bonds. The van der Waals surface area contributed by atoms with Gasteiger partial charge in [0.2, 0.25) is 0 Å². The quantitative estimate of drug-likeness (QED) is 0.741. The van der Waals surface area contributed by atoms with Crippen LogP contribution >= 0.6 is 0 Å². The Morgan fingerprint density at radius 3 is 2.24 bits per heavy atom. The van der Waals surface area contributed by atoms with Gasteiger partial charge in [-0.15, -0.1) is 0 Å². The number of nitrogens with zero attached hydrogens (tertiary/aromatic N) is 1. The van der Waals surface area contributed by atoms with Crippen LogP contribution in [0.5, 0.6) is 0 Å². The van der Waals surface area contributed by atoms with E-state index in [2.05, 4.69) is 31.4 Å². The van der Waals surface area contributed by atoms with Crippen LogP contribution in [0.3, 0.4) is 0 Å². The van der Waals surface area contributed by atoms with Gasteiger partial charge in [0, 0.05) is 20.6 Å². The van der Waals surface area contributed by atoms with Crippen molar-refractivity contribution in [3.8, 4) is 0 Å². The summed E-state index contributed by atoms with van der Waals surface area (Å²) >= 11 is 0. The highest BCUT2D eigenvalue weighted by molar-refractivity contribution is 5.24. The molecular formula is C14H24N2O. The van der Waals surface area contributed by atoms with E-state index >= 15 is 0 Å². The van der Waals surface area contributed by atoms with E-state index in [1.54, 1.807) is 0 Å². The molecule has 0 saturated carbocycles. The molecule has 3 heteroatoms. The Bertz CT molecular complexity index is 319. The molecule has 0 fully saturated rings. The van der Waals surface area contributed by atoms with E-state index in [4.69, 9.17) is 0 Å². The molecule has 0 aromatic heterocycles. The molecule has 1 atom stereocenters. The Labute approximate surface area is 104 Å². The maximum absolute atomic E-state index is 9.95. The van der Waals surface area contributed by atoms with Crippen LogP contribution < -0.4 is 5.43 Å². The molecule has 2 N–H and O–H groups in total. The molecule has 96 valence electrons. The number of benzene rings is 1. The second kappa shape index (κ2) is 6.74. The zero-order valence-corrected chi connectivity index (χ0v) is 11.3. The first-order chi connectivity index (χ1) is 7.99. The number of aliphatic hydroxyl groups is 1. The number of hydrogen-bond acceptors (Lipinski definition) is 3. The van der Waals surface area contributed by atoms with Gasteiger partial charge in [-0.1, -0.05) is 38.1 Å². The normalized spacial score (nSPS) is 13.4. The molecule has 0 heterocycles. The molecule has 0 aliphatic rings. The third-order valence-corrected chi connectivity index (χ3v) is 2.61. The highest BCUT2D eigenvalue weighted by atomic mass is 16.3. The lowest BCUT2D eigenvalue weighted by atomic mass is 10.0. The van der Waals surface area contributed by atoms with Gasteiger partial charge in [-0.25, -0.2) is 0 Å². The van der Waals surface area contributed by atoms with Gasteiger partial charge in [-0.3, -0.25) is 10.4 Å². The summed E-state index contributed by atoms with van der Waals surface area (Å²) in [5.41, 5.74) is 5.37. The van der Waals surface area contributed by atoms with Gasteiger partial charge in [0.15, 0.2) is 0 Å². The monoisotopic (exact) mass is 236 g/mol. The molecule has 0 radical (unpaired) electrons. The van der Waals surface area contributed by atoms with Gasteiger partial charge in [0.25, 0.3) is 0 Å². The van der Waals surface area contributed by atoms with Crippen molar-refractivity contribution in [1.82, 2.24) is 10.4 Å². The lowest BCUT2D eigenvalue weighted by Crippen LogP contribution is -2.33. The van der Waals surface area contributed by atoms with Crippen LogP contribution in [-0.4, -0.2) is 30.8 Å². The molecule has 1 aromatic rings. The van der Waals surface area contributed by atoms with Gasteiger partial charge in [0.05, 0.1) is 6.10 Å². The lowest BCUT2D eigenvalue weighted by molar-refractivity contribution is 0.141. The van der Waals surface area contributed by atoms with Crippen LogP contribution in [0.2, 0.25) is 0 Å². The Hall–Kier alpha value is -0.900. The number of nitrogens with one attached hydrogen (secondary N) is 1. The molecule has 0 aliphatic carbocycles. The molecule has 0 saturated heterocycles. The zero-order valence-electron chi connectivity index (χ0n) is 11.3. The fourth-order valence-electron chi connectivity index (χ4n) is 1.73. The van der Waals surface area contributed by atoms with Crippen molar-refractivity contribution < 1.29 is 5.11 Å². The van der Waals surface area contributed by atoms with Crippen LogP contribution in [-0.2, 0) is 6.42 Å². The minimum absolute atomic E-state index is 0.453. The highest BCUT2D eigenvalue weighted by Gasteiger charge is 2.07. The van der Waals surface area contributed by atoms with Crippen molar-refractivity contribution in [2.75, 3.05) is 20.6 Å². The third kappa shape index (κ3) is 5.31. The van der Waals surface area contributed by atoms with E-state index in [1.807, 2.05) is 31.2 Å². The number of hydrogen-bond donors (Lipinski definition) is 2. The summed E-state index contributed by atoms with van der Waals surface area (Å²) < 4.78 is 0. The minimum atomic E-state index is -0.453. The van der Waals surface area contributed by atoms with Gasteiger partial charge in [-0.05, 0) is 23.5 Å². The predicted octanol–water partition coefficient (Wildman–Crippen LogP) is 1.98. The van der Waals surface area contributed by atoms with Crippen molar-refractivity contribution in [1.29, 1.82) is 0 Å². The molecule has 1 aromatic carbocycles. The predicted molar refractivity (Wildman–Crippen MR) is 71.6 cm³/mol. The zero-order chi connectivity index (χ0) is 12.8. The molecule has 17 heavy (non-hydrogen) atoms. The van der Waals surface area contributed by atoms with Crippen molar-refractivity contribution in [3.05, 3.63) is 35.4 Å². The first-order valence-corrected chi connectivity index (χ1v) is 6.16. The fraction of sp³-hybridized carbons (Fsp3) is 0.571. The summed E-state index contributed by atoms with van der Waals surface area (Å²) in [6.45, 7) is 4.96. The van der Waals surface area contributed by atoms with Crippen molar-refractivity contribution in [2.45, 2.75) is 26.4 Å². The summed E-state index contributed by atoms with van der Waals surface area (Å²) in [6.07, 6.45) is 0.636. The van der Waals surface area contributed by atoms with E-state index in [0.717, 1.165) is 12.0 Å². The van der Waals surface area contributed by atoms with E-state index in [0.29, 0.717) is 12.5 Å². The minimum Gasteiger partial charge on any atom is -0.387 e. The fourth-order valence-corrected chi connectivity index (χ4v) is 1.73. The van der Waals surface area contributed by atoms with Crippen molar-refractivity contribution in [2.24, 2.45) is 5.92 Å². The number of hydrazine groups is 1. The molecule has 0 aliphatic heterocycles. The van der Waals surface area contributed by atoms with Crippen LogP contribution in [0.4, 0.5) is 0 Å². The lowest BCUT2D eigenvalue weighted by Gasteiger charge is -2.16. The largest absolute Gasteiger partial charge is 0.387 e. The maximum Gasteiger partial charge on any atom is 0.0928 e. The maximum atomic E-state index is 9.95. The summed E-state index contributed by atoms with van der Waals surface area (Å²) in [4.78, 5) is 0. The van der Waals surface area contributed by atoms with Gasteiger partial charge >= 0.3 is 0 Å². The first kappa shape index (κ1) is 14.2. The summed E-state index contributed by atoms with van der Waals surface area (Å²) in [5.74, 6) is 0.668. The molecule has 1 rings (SSSR count). The van der Waals surface area contributed by atoms with E-state index in [9.17, 15) is 5.11 Å². The third-order valence-electron chi connectivity index (χ3n) is 2.61. The van der Waals surface area contributed by atoms with Gasteiger partial charge in [0.1, 0.15) is 0 Å². The second-order valence-electron chi connectivity index (χ2n) is 5.11. The second-order valence-corrected chi connectivity index (χ2v) is 5.11. The van der Waals surface area contributed by atoms with Crippen LogP contribution in [0.25, 0.3) is 0 Å². The van der Waals surface area contributed by atoms with Crippen molar-refractivity contribution in [3.63, 3.8) is 0 Å². The molecule has 3 nitrogen and oxygen atoms in total. The average Bonchev–Trinajstić information content (AvgIpc) is 2.26. The molecular weight excluding hydrogens is 212 g/mol. The Morgan fingerprint density at radius 1 is 1.18 bits per heavy atom. The molecule has 0 spiro atoms. The Kier molecular flexibility index (Phi) is 5.62. The van der Waals surface area contributed by atoms with Crippen LogP contribution in [0.1, 0.15) is 31.1 Å².